The third-order valence-electron chi connectivity index (χ3n) is 10.8. The summed E-state index contributed by atoms with van der Waals surface area (Å²) in [6, 6.07) is 11.5. The number of cyclic esters (lactones) is 1. The Balaban J connectivity index is 1.53. The van der Waals surface area contributed by atoms with Crippen LogP contribution in [-0.2, 0) is 49.9 Å². The van der Waals surface area contributed by atoms with Crippen LogP contribution in [-0.4, -0.2) is 94.8 Å². The molecule has 55 heavy (non-hydrogen) atoms. The first-order valence-corrected chi connectivity index (χ1v) is 19.3. The number of phenolic OH excluding ortho intramolecular Hbond substituents is 1. The summed E-state index contributed by atoms with van der Waals surface area (Å²) in [4.78, 5) is 48.2. The lowest BCUT2D eigenvalue weighted by molar-refractivity contribution is -0.155. The summed E-state index contributed by atoms with van der Waals surface area (Å²) in [7, 11) is 5.37. The Morgan fingerprint density at radius 3 is 2.64 bits per heavy atom. The van der Waals surface area contributed by atoms with Gasteiger partial charge in [-0.05, 0) is 104 Å². The van der Waals surface area contributed by atoms with Crippen LogP contribution < -0.4 is 10.7 Å². The molecule has 12 nitrogen and oxygen atoms in total. The number of rotatable bonds is 8. The zero-order valence-corrected chi connectivity index (χ0v) is 33.4. The average molecular weight is 753 g/mol. The van der Waals surface area contributed by atoms with Crippen molar-refractivity contribution < 1.29 is 29.0 Å². The van der Waals surface area contributed by atoms with E-state index in [1.54, 1.807) is 25.4 Å². The number of likely N-dealkylation sites (N-methyl/N-ethyl adjacent to an activating group) is 1. The van der Waals surface area contributed by atoms with Gasteiger partial charge in [-0.1, -0.05) is 39.8 Å². The summed E-state index contributed by atoms with van der Waals surface area (Å²) in [5.74, 6) is -1.01. The minimum absolute atomic E-state index is 0.0131. The predicted molar refractivity (Wildman–Crippen MR) is 213 cm³/mol. The Hall–Kier alpha value is -4.78. The third kappa shape index (κ3) is 8.56. The fourth-order valence-electron chi connectivity index (χ4n) is 8.32. The maximum absolute atomic E-state index is 14.3. The van der Waals surface area contributed by atoms with E-state index in [0.29, 0.717) is 44.5 Å². The van der Waals surface area contributed by atoms with Crippen molar-refractivity contribution in [2.45, 2.75) is 91.6 Å². The highest BCUT2D eigenvalue weighted by molar-refractivity contribution is 5.95. The number of hydrogen-bond donors (Lipinski definition) is 3. The first kappa shape index (κ1) is 39.9. The van der Waals surface area contributed by atoms with E-state index < -0.39 is 29.5 Å². The molecule has 2 aromatic carbocycles. The second-order valence-electron chi connectivity index (χ2n) is 16.3. The number of aryl methyl sites for hydroxylation is 1. The van der Waals surface area contributed by atoms with Gasteiger partial charge in [0, 0.05) is 60.9 Å². The van der Waals surface area contributed by atoms with Crippen LogP contribution in [0.2, 0.25) is 0 Å². The molecule has 0 aliphatic carbocycles. The molecule has 294 valence electrons. The second kappa shape index (κ2) is 16.5. The monoisotopic (exact) mass is 752 g/mol. The van der Waals surface area contributed by atoms with Gasteiger partial charge in [0.05, 0.1) is 24.9 Å². The molecule has 2 aliphatic heterocycles. The third-order valence-corrected chi connectivity index (χ3v) is 10.8. The molecule has 2 unspecified atom stereocenters. The number of aromatic nitrogens is 2. The Bertz CT molecular complexity index is 2050. The number of aromatic hydroxyl groups is 1. The van der Waals surface area contributed by atoms with Crippen LogP contribution in [0.4, 0.5) is 0 Å². The van der Waals surface area contributed by atoms with E-state index in [0.717, 1.165) is 44.4 Å². The van der Waals surface area contributed by atoms with Crippen LogP contribution in [0, 0.1) is 11.3 Å². The summed E-state index contributed by atoms with van der Waals surface area (Å²) in [6.07, 6.45) is 5.47. The number of carbonyl (C=O) groups is 3. The molecule has 0 saturated carbocycles. The minimum atomic E-state index is -0.973. The molecule has 3 atom stereocenters. The van der Waals surface area contributed by atoms with Crippen LogP contribution in [0.25, 0.3) is 33.3 Å². The molecule has 1 saturated heterocycles. The number of hydrazine groups is 1. The largest absolute Gasteiger partial charge is 0.508 e. The zero-order valence-electron chi connectivity index (χ0n) is 33.4. The molecule has 2 aromatic heterocycles. The maximum atomic E-state index is 14.3. The lowest BCUT2D eigenvalue weighted by atomic mass is 9.84. The summed E-state index contributed by atoms with van der Waals surface area (Å²) in [6.45, 7) is 11.9. The smallest absolute Gasteiger partial charge is 0.324 e. The molecule has 4 heterocycles. The molecule has 2 aliphatic rings. The number of esters is 1. The van der Waals surface area contributed by atoms with Crippen molar-refractivity contribution in [1.82, 2.24) is 30.2 Å². The van der Waals surface area contributed by atoms with Crippen molar-refractivity contribution in [3.8, 4) is 28.1 Å². The Morgan fingerprint density at radius 1 is 1.15 bits per heavy atom. The molecule has 12 heteroatoms. The molecule has 6 bridgehead atoms. The fraction of sp³-hybridized carbons (Fsp3) is 0.488. The van der Waals surface area contributed by atoms with Gasteiger partial charge in [-0.15, -0.1) is 0 Å². The van der Waals surface area contributed by atoms with Gasteiger partial charge in [-0.2, -0.15) is 0 Å². The van der Waals surface area contributed by atoms with Crippen LogP contribution in [0.1, 0.15) is 64.2 Å². The molecule has 0 radical (unpaired) electrons. The number of ether oxygens (including phenoxy) is 2. The topological polar surface area (TPSA) is 138 Å². The van der Waals surface area contributed by atoms with Gasteiger partial charge in [0.15, 0.2) is 0 Å². The number of pyridine rings is 1. The Morgan fingerprint density at radius 2 is 1.93 bits per heavy atom. The summed E-state index contributed by atoms with van der Waals surface area (Å²) < 4.78 is 14.0. The SMILES string of the molecule is CCn1c(-c2cnccc2COC)c2c3cc(ccc31)-c1cc(O)cc(c1)CC(NC(=O)C(C(C)C)N(C)C)C(=O)N1CCC[C@H](N1)C(=O)OCC(C)(C)C2. The van der Waals surface area contributed by atoms with Crippen molar-refractivity contribution in [2.75, 3.05) is 34.4 Å². The van der Waals surface area contributed by atoms with Crippen molar-refractivity contribution in [3.05, 3.63) is 71.5 Å². The summed E-state index contributed by atoms with van der Waals surface area (Å²) in [5.41, 5.74) is 10.2. The van der Waals surface area contributed by atoms with E-state index in [-0.39, 0.29) is 36.5 Å². The number of fused-ring (bicyclic) bond motifs is 6. The van der Waals surface area contributed by atoms with Gasteiger partial charge in [-0.3, -0.25) is 29.3 Å². The number of phenols is 1. The van der Waals surface area contributed by atoms with Crippen LogP contribution in [0.3, 0.4) is 0 Å². The van der Waals surface area contributed by atoms with Crippen LogP contribution in [0.5, 0.6) is 5.75 Å². The second-order valence-corrected chi connectivity index (χ2v) is 16.3. The Kier molecular flexibility index (Phi) is 12.0. The minimum Gasteiger partial charge on any atom is -0.508 e. The molecule has 0 spiro atoms. The standard InChI is InChI=1S/C43H56N6O6/c1-9-48-37-13-12-28-21-32(37)33(39(48)34-23-44-15-14-29(34)24-54-8)22-43(4,5)25-55-42(53)35-11-10-16-49(46-35)41(52)36(19-27-17-30(28)20-31(50)18-27)45-40(51)38(26(2)3)47(6)7/h12-15,17-18,20-21,23,26,35-36,38,46,50H,9-11,16,19,22,24-25H2,1-8H3,(H,45,51)/t35-,36?,38?/m0/s1. The quantitative estimate of drug-likeness (QED) is 0.200. The average Bonchev–Trinajstić information content (AvgIpc) is 3.44. The number of benzene rings is 2. The number of carbonyl (C=O) groups excluding carboxylic acids is 3. The van der Waals surface area contributed by atoms with E-state index in [9.17, 15) is 19.5 Å². The maximum Gasteiger partial charge on any atom is 0.324 e. The van der Waals surface area contributed by atoms with E-state index >= 15 is 0 Å². The highest BCUT2D eigenvalue weighted by atomic mass is 16.5. The zero-order chi connectivity index (χ0) is 39.6. The highest BCUT2D eigenvalue weighted by Gasteiger charge is 2.36. The van der Waals surface area contributed by atoms with Gasteiger partial charge in [-0.25, -0.2) is 5.43 Å². The van der Waals surface area contributed by atoms with E-state index in [2.05, 4.69) is 59.3 Å². The number of hydrogen-bond acceptors (Lipinski definition) is 9. The normalized spacial score (nSPS) is 19.7. The molecule has 1 fully saturated rings. The fourth-order valence-corrected chi connectivity index (χ4v) is 8.32. The van der Waals surface area contributed by atoms with Gasteiger partial charge in [0.25, 0.3) is 5.91 Å². The van der Waals surface area contributed by atoms with Crippen molar-refractivity contribution >= 4 is 28.7 Å². The number of methoxy groups -OCH3 is 1. The van der Waals surface area contributed by atoms with Crippen molar-refractivity contribution in [1.29, 1.82) is 0 Å². The predicted octanol–water partition coefficient (Wildman–Crippen LogP) is 5.48. The van der Waals surface area contributed by atoms with Gasteiger partial charge < -0.3 is 24.5 Å². The number of amides is 2. The van der Waals surface area contributed by atoms with Crippen molar-refractivity contribution in [3.63, 3.8) is 0 Å². The first-order chi connectivity index (χ1) is 26.2. The van der Waals surface area contributed by atoms with Crippen LogP contribution in [0.15, 0.2) is 54.9 Å². The van der Waals surface area contributed by atoms with Gasteiger partial charge in [0.2, 0.25) is 5.91 Å². The van der Waals surface area contributed by atoms with Crippen LogP contribution >= 0.6 is 0 Å². The molecule has 2 amide bonds. The summed E-state index contributed by atoms with van der Waals surface area (Å²) >= 11 is 0. The summed E-state index contributed by atoms with van der Waals surface area (Å²) in [5, 5.41) is 16.7. The van der Waals surface area contributed by atoms with Crippen molar-refractivity contribution in [2.24, 2.45) is 11.3 Å². The molecule has 3 N–H and O–H groups in total. The molecular formula is C43H56N6O6. The molecular weight excluding hydrogens is 697 g/mol. The number of nitrogens with zero attached hydrogens (tertiary/aromatic N) is 4. The van der Waals surface area contributed by atoms with Gasteiger partial charge >= 0.3 is 5.97 Å². The van der Waals surface area contributed by atoms with E-state index in [1.165, 1.54) is 5.01 Å². The van der Waals surface area contributed by atoms with E-state index in [4.69, 9.17) is 9.47 Å². The van der Waals surface area contributed by atoms with E-state index in [1.807, 2.05) is 51.2 Å². The lowest BCUT2D eigenvalue weighted by Crippen LogP contribution is -2.61. The molecule has 6 rings (SSSR count). The first-order valence-electron chi connectivity index (χ1n) is 19.3. The Labute approximate surface area is 324 Å². The van der Waals surface area contributed by atoms with Gasteiger partial charge in [0.1, 0.15) is 17.8 Å². The highest BCUT2D eigenvalue weighted by Crippen LogP contribution is 2.41. The molecule has 4 aromatic rings. The lowest BCUT2D eigenvalue weighted by Gasteiger charge is -2.36. The number of nitrogens with one attached hydrogen (secondary N) is 2.